The average Bonchev–Trinajstić information content (AvgIpc) is 2.49. The van der Waals surface area contributed by atoms with Crippen molar-refractivity contribution in [2.24, 2.45) is 0 Å². The van der Waals surface area contributed by atoms with Crippen molar-refractivity contribution in [3.05, 3.63) is 71.8 Å². The maximum atomic E-state index is 12.8. The van der Waals surface area contributed by atoms with E-state index in [-0.39, 0.29) is 18.0 Å². The van der Waals surface area contributed by atoms with E-state index in [0.29, 0.717) is 11.2 Å². The molecule has 3 nitrogen and oxygen atoms in total. The smallest absolute Gasteiger partial charge is 0.187 e. The Hall–Kier alpha value is -2.62. The normalized spacial score (nSPS) is 10.7. The summed E-state index contributed by atoms with van der Waals surface area (Å²) in [7, 11) is 0. The minimum Gasteiger partial charge on any atom is -0.292 e. The van der Waals surface area contributed by atoms with Gasteiger partial charge in [-0.15, -0.1) is 0 Å². The van der Waals surface area contributed by atoms with E-state index in [4.69, 9.17) is 0 Å². The Kier molecular flexibility index (Phi) is 3.21. The molecule has 4 heteroatoms. The van der Waals surface area contributed by atoms with Crippen molar-refractivity contribution in [2.45, 2.75) is 6.42 Å². The third-order valence-electron chi connectivity index (χ3n) is 3.01. The highest BCUT2D eigenvalue weighted by Crippen LogP contribution is 2.11. The predicted octanol–water partition coefficient (Wildman–Crippen LogP) is 3.19. The third-order valence-corrected chi connectivity index (χ3v) is 3.01. The molecule has 0 unspecified atom stereocenters. The van der Waals surface area contributed by atoms with Crippen LogP contribution in [-0.2, 0) is 6.42 Å². The summed E-state index contributed by atoms with van der Waals surface area (Å²) in [5.41, 5.74) is 2.53. The van der Waals surface area contributed by atoms with Gasteiger partial charge in [0.25, 0.3) is 0 Å². The van der Waals surface area contributed by atoms with Crippen molar-refractivity contribution < 1.29 is 9.18 Å². The highest BCUT2D eigenvalue weighted by atomic mass is 19.1. The van der Waals surface area contributed by atoms with Crippen molar-refractivity contribution in [1.29, 1.82) is 0 Å². The highest BCUT2D eigenvalue weighted by molar-refractivity contribution is 5.96. The van der Waals surface area contributed by atoms with Gasteiger partial charge in [-0.05, 0) is 29.8 Å². The second-order valence-corrected chi connectivity index (χ2v) is 4.47. The zero-order valence-corrected chi connectivity index (χ0v) is 10.6. The molecule has 0 aliphatic heterocycles. The molecule has 3 rings (SSSR count). The molecule has 1 heterocycles. The van der Waals surface area contributed by atoms with E-state index in [1.807, 2.05) is 24.3 Å². The Morgan fingerprint density at radius 1 is 1.00 bits per heavy atom. The van der Waals surface area contributed by atoms with E-state index in [2.05, 4.69) is 9.97 Å². The molecule has 2 aromatic carbocycles. The number of Topliss-reactive ketones (excluding diaryl/α,β-unsaturated/α-hetero) is 1. The molecule has 0 atom stereocenters. The lowest BCUT2D eigenvalue weighted by molar-refractivity contribution is 0.0988. The van der Waals surface area contributed by atoms with Crippen LogP contribution in [0.15, 0.2) is 54.7 Å². The third kappa shape index (κ3) is 2.54. The highest BCUT2D eigenvalue weighted by Gasteiger charge is 2.10. The first kappa shape index (κ1) is 12.4. The Morgan fingerprint density at radius 2 is 1.70 bits per heavy atom. The molecule has 0 radical (unpaired) electrons. The fourth-order valence-electron chi connectivity index (χ4n) is 1.97. The van der Waals surface area contributed by atoms with Crippen LogP contribution in [0.5, 0.6) is 0 Å². The average molecular weight is 266 g/mol. The molecule has 0 saturated heterocycles. The summed E-state index contributed by atoms with van der Waals surface area (Å²) in [6, 6.07) is 13.3. The number of ketones is 1. The summed E-state index contributed by atoms with van der Waals surface area (Å²) < 4.78 is 12.8. The molecule has 98 valence electrons. The van der Waals surface area contributed by atoms with Gasteiger partial charge in [0.15, 0.2) is 5.78 Å². The van der Waals surface area contributed by atoms with E-state index in [9.17, 15) is 9.18 Å². The van der Waals surface area contributed by atoms with Crippen LogP contribution in [0.2, 0.25) is 0 Å². The first-order valence-electron chi connectivity index (χ1n) is 6.22. The maximum absolute atomic E-state index is 12.8. The molecule has 20 heavy (non-hydrogen) atoms. The lowest BCUT2D eigenvalue weighted by atomic mass is 10.1. The Balaban J connectivity index is 1.86. The summed E-state index contributed by atoms with van der Waals surface area (Å²) in [6.45, 7) is 0. The standard InChI is InChI=1S/C16H11FN2O/c17-12-7-5-11(6-8-12)9-16(20)15-10-18-13-3-1-2-4-14(13)19-15/h1-8,10H,9H2. The summed E-state index contributed by atoms with van der Waals surface area (Å²) in [6.07, 6.45) is 1.67. The molecule has 0 saturated carbocycles. The van der Waals surface area contributed by atoms with Crippen LogP contribution in [0.1, 0.15) is 16.1 Å². The van der Waals surface area contributed by atoms with Gasteiger partial charge in [0.05, 0.1) is 17.2 Å². The van der Waals surface area contributed by atoms with E-state index in [1.165, 1.54) is 18.3 Å². The Labute approximate surface area is 115 Å². The largest absolute Gasteiger partial charge is 0.292 e. The fourth-order valence-corrected chi connectivity index (χ4v) is 1.97. The Morgan fingerprint density at radius 3 is 2.45 bits per heavy atom. The van der Waals surface area contributed by atoms with Gasteiger partial charge in [0, 0.05) is 6.42 Å². The molecule has 0 aliphatic rings. The summed E-state index contributed by atoms with van der Waals surface area (Å²) in [4.78, 5) is 20.7. The number of benzene rings is 2. The number of carbonyl (C=O) groups excluding carboxylic acids is 1. The molecular weight excluding hydrogens is 255 g/mol. The SMILES string of the molecule is O=C(Cc1ccc(F)cc1)c1cnc2ccccc2n1. The van der Waals surface area contributed by atoms with Gasteiger partial charge in [0.1, 0.15) is 11.5 Å². The van der Waals surface area contributed by atoms with Gasteiger partial charge in [-0.1, -0.05) is 24.3 Å². The second kappa shape index (κ2) is 5.17. The van der Waals surface area contributed by atoms with E-state index >= 15 is 0 Å². The molecule has 0 amide bonds. The molecular formula is C16H11FN2O. The topological polar surface area (TPSA) is 42.9 Å². The lowest BCUT2D eigenvalue weighted by Gasteiger charge is -2.02. The molecule has 1 aromatic heterocycles. The van der Waals surface area contributed by atoms with Gasteiger partial charge in [0.2, 0.25) is 0 Å². The van der Waals surface area contributed by atoms with Crippen LogP contribution in [-0.4, -0.2) is 15.8 Å². The van der Waals surface area contributed by atoms with Gasteiger partial charge < -0.3 is 0 Å². The number of hydrogen-bond acceptors (Lipinski definition) is 3. The van der Waals surface area contributed by atoms with Crippen molar-refractivity contribution in [1.82, 2.24) is 9.97 Å². The second-order valence-electron chi connectivity index (χ2n) is 4.47. The Bertz CT molecular complexity index is 769. The molecule has 3 aromatic rings. The van der Waals surface area contributed by atoms with E-state index < -0.39 is 0 Å². The van der Waals surface area contributed by atoms with Crippen molar-refractivity contribution >= 4 is 16.8 Å². The van der Waals surface area contributed by atoms with Gasteiger partial charge >= 0.3 is 0 Å². The number of halogens is 1. The number of rotatable bonds is 3. The van der Waals surface area contributed by atoms with Crippen molar-refractivity contribution in [3.8, 4) is 0 Å². The lowest BCUT2D eigenvalue weighted by Crippen LogP contribution is -2.07. The van der Waals surface area contributed by atoms with Crippen LogP contribution in [0.25, 0.3) is 11.0 Å². The quantitative estimate of drug-likeness (QED) is 0.684. The number of hydrogen-bond donors (Lipinski definition) is 0. The molecule has 0 aliphatic carbocycles. The first-order valence-corrected chi connectivity index (χ1v) is 6.22. The number of aromatic nitrogens is 2. The number of para-hydroxylation sites is 2. The monoisotopic (exact) mass is 266 g/mol. The van der Waals surface area contributed by atoms with E-state index in [1.54, 1.807) is 12.1 Å². The number of fused-ring (bicyclic) bond motifs is 1. The van der Waals surface area contributed by atoms with Gasteiger partial charge in [-0.2, -0.15) is 0 Å². The van der Waals surface area contributed by atoms with Crippen LogP contribution < -0.4 is 0 Å². The zero-order valence-electron chi connectivity index (χ0n) is 10.6. The molecule has 0 spiro atoms. The molecule has 0 bridgehead atoms. The molecule has 0 N–H and O–H groups in total. The minimum absolute atomic E-state index is 0.130. The minimum atomic E-state index is -0.313. The summed E-state index contributed by atoms with van der Waals surface area (Å²) >= 11 is 0. The van der Waals surface area contributed by atoms with Crippen molar-refractivity contribution in [3.63, 3.8) is 0 Å². The van der Waals surface area contributed by atoms with Crippen LogP contribution in [0.4, 0.5) is 4.39 Å². The summed E-state index contributed by atoms with van der Waals surface area (Å²) in [5, 5.41) is 0. The maximum Gasteiger partial charge on any atom is 0.187 e. The molecule has 0 fully saturated rings. The number of carbonyl (C=O) groups is 1. The number of nitrogens with zero attached hydrogens (tertiary/aromatic N) is 2. The zero-order chi connectivity index (χ0) is 13.9. The van der Waals surface area contributed by atoms with Crippen LogP contribution in [0.3, 0.4) is 0 Å². The first-order chi connectivity index (χ1) is 9.72. The summed E-state index contributed by atoms with van der Waals surface area (Å²) in [5.74, 6) is -0.443. The van der Waals surface area contributed by atoms with Crippen molar-refractivity contribution in [2.75, 3.05) is 0 Å². The van der Waals surface area contributed by atoms with Gasteiger partial charge in [-0.3, -0.25) is 9.78 Å². The predicted molar refractivity (Wildman–Crippen MR) is 74.0 cm³/mol. The fraction of sp³-hybridized carbons (Fsp3) is 0.0625. The van der Waals surface area contributed by atoms with Crippen LogP contribution >= 0.6 is 0 Å². The van der Waals surface area contributed by atoms with Crippen LogP contribution in [0, 0.1) is 5.82 Å². The van der Waals surface area contributed by atoms with Gasteiger partial charge in [-0.25, -0.2) is 9.37 Å². The van der Waals surface area contributed by atoms with E-state index in [0.717, 1.165) is 11.1 Å².